The molecular formula is C116H119BN4. The van der Waals surface area contributed by atoms with Gasteiger partial charge in [0.1, 0.15) is 0 Å². The lowest BCUT2D eigenvalue weighted by Gasteiger charge is -2.46. The van der Waals surface area contributed by atoms with E-state index in [0.29, 0.717) is 5.69 Å². The number of benzene rings is 14. The predicted molar refractivity (Wildman–Crippen MR) is 526 cm³/mol. The van der Waals surface area contributed by atoms with Crippen LogP contribution in [-0.2, 0) is 43.3 Å². The molecule has 0 saturated heterocycles. The summed E-state index contributed by atoms with van der Waals surface area (Å²) in [7, 11) is 0. The molecule has 121 heavy (non-hydrogen) atoms. The Morgan fingerprint density at radius 2 is 0.554 bits per heavy atom. The summed E-state index contributed by atoms with van der Waals surface area (Å²) in [6.07, 6.45) is 0. The van der Waals surface area contributed by atoms with Crippen LogP contribution in [0.2, 0.25) is 0 Å². The van der Waals surface area contributed by atoms with Crippen molar-refractivity contribution >= 4 is 101 Å². The molecule has 606 valence electrons. The monoisotopic (exact) mass is 1590 g/mol. The van der Waals surface area contributed by atoms with Crippen LogP contribution in [-0.4, -0.2) is 15.8 Å². The van der Waals surface area contributed by atoms with Crippen molar-refractivity contribution in [3.05, 3.63) is 329 Å². The van der Waals surface area contributed by atoms with Gasteiger partial charge in [-0.3, -0.25) is 0 Å². The topological polar surface area (TPSA) is 16.3 Å². The maximum atomic E-state index is 10.5. The first kappa shape index (κ1) is 71.1. The number of nitrogens with zero attached hydrogens (tertiary/aromatic N) is 4. The zero-order valence-electron chi connectivity index (χ0n) is 83.4. The Kier molecular flexibility index (Phi) is 16.7. The molecule has 2 aliphatic heterocycles. The summed E-state index contributed by atoms with van der Waals surface area (Å²) in [5, 5.41) is 2.22. The molecule has 0 atom stereocenters. The lowest BCUT2D eigenvalue weighted by molar-refractivity contribution is 0.569. The third-order valence-corrected chi connectivity index (χ3v) is 25.8. The Morgan fingerprint density at radius 1 is 0.231 bits per heavy atom. The molecule has 0 amide bonds. The van der Waals surface area contributed by atoms with E-state index in [2.05, 4.69) is 417 Å². The summed E-state index contributed by atoms with van der Waals surface area (Å²) in [6.45, 7) is 54.2. The minimum absolute atomic E-state index is 0.00959. The lowest BCUT2D eigenvalue weighted by Crippen LogP contribution is -2.61. The number of hydrogen-bond donors (Lipinski definition) is 0. The van der Waals surface area contributed by atoms with Crippen LogP contribution in [0, 0.1) is 0 Å². The Labute approximate surface area is 732 Å². The molecule has 0 fully saturated rings. The molecule has 16 aromatic rings. The molecule has 2 aliphatic rings. The van der Waals surface area contributed by atoms with Crippen molar-refractivity contribution < 1.29 is 11.0 Å². The number of hydrogen-bond acceptors (Lipinski definition) is 2. The average Bonchev–Trinajstić information content (AvgIpc) is 1.63. The van der Waals surface area contributed by atoms with Gasteiger partial charge in [0.15, 0.2) is 0 Å². The van der Waals surface area contributed by atoms with E-state index in [9.17, 15) is 11.0 Å². The van der Waals surface area contributed by atoms with E-state index in [1.54, 1.807) is 4.57 Å². The SMILES string of the molecule is [2H]c1c([2H])c([2H])c2c(c1[2H])c1c([2H])c([2H])c([2H])c([2H])c1n2-c1cc2c3c(c1)N(c1c(-c4ccc(C(C)(C)C)cc4)cc(C(C)(C)C)cc1-c1ccc(C(C)(C)C)cc1)c1cc(-n4c5ccccc5c5ccccc54)ccc1B3c1cc(-c3cc(C(C)(C)C)cc(C(C)(C)C)c3)ccc1N2c1c(-c2ccc(C(C)(C)C)cc2)cc(C(C)(C)C)cc1-c1ccc(C(C)(C)C)cc1. The molecule has 14 aromatic carbocycles. The van der Waals surface area contributed by atoms with Gasteiger partial charge in [0.25, 0.3) is 6.71 Å². The predicted octanol–water partition coefficient (Wildman–Crippen LogP) is 30.7. The quantitative estimate of drug-likeness (QED) is 0.134. The van der Waals surface area contributed by atoms with Gasteiger partial charge in [0.05, 0.1) is 50.1 Å². The molecule has 0 N–H and O–H groups in total. The normalized spacial score (nSPS) is 14.5. The molecule has 0 unspecified atom stereocenters. The summed E-state index contributed by atoms with van der Waals surface area (Å²) < 4.78 is 83.9. The number of anilines is 6. The molecule has 5 heteroatoms. The van der Waals surface area contributed by atoms with Crippen LogP contribution >= 0.6 is 0 Å². The summed E-state index contributed by atoms with van der Waals surface area (Å²) in [4.78, 5) is 5.05. The third-order valence-electron chi connectivity index (χ3n) is 25.8. The van der Waals surface area contributed by atoms with Crippen molar-refractivity contribution in [1.82, 2.24) is 9.13 Å². The largest absolute Gasteiger partial charge is 0.310 e. The lowest BCUT2D eigenvalue weighted by atomic mass is 9.33. The highest BCUT2D eigenvalue weighted by Crippen LogP contribution is 2.57. The van der Waals surface area contributed by atoms with Gasteiger partial charge in [0, 0.05) is 72.2 Å². The first-order chi connectivity index (χ1) is 60.4. The van der Waals surface area contributed by atoms with Crippen molar-refractivity contribution in [3.8, 4) is 67.0 Å². The van der Waals surface area contributed by atoms with E-state index in [-0.39, 0.29) is 71.8 Å². The molecule has 0 bridgehead atoms. The Bertz CT molecular complexity index is 6990. The first-order valence-electron chi connectivity index (χ1n) is 47.4. The van der Waals surface area contributed by atoms with Crippen molar-refractivity contribution in [2.45, 2.75) is 209 Å². The van der Waals surface area contributed by atoms with E-state index in [1.807, 2.05) is 0 Å². The maximum absolute atomic E-state index is 10.5. The molecule has 0 spiro atoms. The zero-order chi connectivity index (χ0) is 92.4. The smallest absolute Gasteiger partial charge is 0.252 e. The second-order valence-electron chi connectivity index (χ2n) is 42.6. The van der Waals surface area contributed by atoms with Crippen LogP contribution in [0.4, 0.5) is 34.1 Å². The van der Waals surface area contributed by atoms with Crippen molar-refractivity contribution in [3.63, 3.8) is 0 Å². The van der Waals surface area contributed by atoms with Gasteiger partial charge in [-0.1, -0.05) is 372 Å². The third kappa shape index (κ3) is 14.1. The fraction of sp³-hybridized carbons (Fsp3) is 0.276. The average molecular weight is 1590 g/mol. The number of aromatic nitrogens is 2. The van der Waals surface area contributed by atoms with Gasteiger partial charge in [-0.2, -0.15) is 0 Å². The zero-order valence-corrected chi connectivity index (χ0v) is 75.4. The van der Waals surface area contributed by atoms with Gasteiger partial charge in [0.2, 0.25) is 0 Å². The fourth-order valence-electron chi connectivity index (χ4n) is 18.5. The van der Waals surface area contributed by atoms with E-state index in [4.69, 9.17) is 0 Å². The Balaban J connectivity index is 1.12. The number of fused-ring (bicyclic) bond motifs is 10. The summed E-state index contributed by atoms with van der Waals surface area (Å²) in [5.74, 6) is 0. The van der Waals surface area contributed by atoms with Crippen LogP contribution in [0.3, 0.4) is 0 Å². The molecule has 0 aliphatic carbocycles. The van der Waals surface area contributed by atoms with Crippen LogP contribution in [0.5, 0.6) is 0 Å². The Hall–Kier alpha value is -11.7. The second kappa shape index (κ2) is 28.5. The van der Waals surface area contributed by atoms with Crippen molar-refractivity contribution in [1.29, 1.82) is 0 Å². The van der Waals surface area contributed by atoms with E-state index >= 15 is 0 Å². The minimum atomic E-state index is -0.592. The maximum Gasteiger partial charge on any atom is 0.252 e. The molecule has 4 nitrogen and oxygen atoms in total. The highest BCUT2D eigenvalue weighted by atomic mass is 15.2. The van der Waals surface area contributed by atoms with E-state index in [1.165, 1.54) is 33.4 Å². The highest BCUT2D eigenvalue weighted by Gasteiger charge is 2.47. The Morgan fingerprint density at radius 3 is 0.926 bits per heavy atom. The van der Waals surface area contributed by atoms with E-state index in [0.717, 1.165) is 145 Å². The summed E-state index contributed by atoms with van der Waals surface area (Å²) >= 11 is 0. The fourth-order valence-corrected chi connectivity index (χ4v) is 18.5. The molecular weight excluding hydrogens is 1460 g/mol. The van der Waals surface area contributed by atoms with Gasteiger partial charge >= 0.3 is 0 Å². The molecule has 18 rings (SSSR count). The van der Waals surface area contributed by atoms with Crippen molar-refractivity contribution in [2.24, 2.45) is 0 Å². The van der Waals surface area contributed by atoms with Crippen LogP contribution in [0.15, 0.2) is 285 Å². The van der Waals surface area contributed by atoms with Gasteiger partial charge in [-0.25, -0.2) is 0 Å². The van der Waals surface area contributed by atoms with Crippen LogP contribution < -0.4 is 26.2 Å². The first-order valence-corrected chi connectivity index (χ1v) is 43.4. The van der Waals surface area contributed by atoms with E-state index < -0.39 is 48.4 Å². The van der Waals surface area contributed by atoms with Gasteiger partial charge in [-0.05, 0) is 216 Å². The standard InChI is InChI=1S/C116H119BN4/c1-109(2,3)78-50-41-72(42-51-78)92-65-84(115(19,20)21)66-93(73-43-52-79(53-44-73)110(4,5)6)107(92)120-102-60-49-76(77-61-82(113(13,14)15)64-83(62-77)114(16,17)18)63-97(102)117-96-59-58-86(118-98-37-29-25-33-88(98)89-34-26-30-38-99(89)118)69-103(96)121(105-71-87(70-104(120)106(105)117)119-100-39-31-27-35-90(100)91-36-28-32-40-101(91)119)108-94(74-45-54-80(55-46-74)111(7,8)9)67-85(116(22,23)24)68-95(108)75-47-56-81(57-48-75)112(10,11)12/h25-71H,1-24H3/i27D,28D,31D,32D,35D,36D,39D,40D. The van der Waals surface area contributed by atoms with Crippen LogP contribution in [0.25, 0.3) is 111 Å². The molecule has 4 heterocycles. The van der Waals surface area contributed by atoms with Gasteiger partial charge in [-0.15, -0.1) is 0 Å². The number of rotatable bonds is 9. The number of para-hydroxylation sites is 4. The molecule has 2 aromatic heterocycles. The van der Waals surface area contributed by atoms with Crippen LogP contribution in [0.1, 0.15) is 222 Å². The molecule has 0 radical (unpaired) electrons. The summed E-state index contributed by atoms with van der Waals surface area (Å²) in [5.41, 5.74) is 29.0. The van der Waals surface area contributed by atoms with Crippen molar-refractivity contribution in [2.75, 3.05) is 9.80 Å². The minimum Gasteiger partial charge on any atom is -0.310 e. The second-order valence-corrected chi connectivity index (χ2v) is 42.6. The highest BCUT2D eigenvalue weighted by molar-refractivity contribution is 7.00. The van der Waals surface area contributed by atoms with Gasteiger partial charge < -0.3 is 18.9 Å². The molecule has 0 saturated carbocycles. The summed E-state index contributed by atoms with van der Waals surface area (Å²) in [6, 6.07) is 86.0.